The molecule has 0 aliphatic carbocycles. The van der Waals surface area contributed by atoms with Crippen LogP contribution >= 0.6 is 0 Å². The Balaban J connectivity index is 1.47. The molecule has 3 aromatic rings. The summed E-state index contributed by atoms with van der Waals surface area (Å²) < 4.78 is 12.5. The Kier molecular flexibility index (Phi) is 5.93. The minimum Gasteiger partial charge on any atom is -0.495 e. The summed E-state index contributed by atoms with van der Waals surface area (Å²) in [6.07, 6.45) is 6.84. The largest absolute Gasteiger partial charge is 0.495 e. The van der Waals surface area contributed by atoms with Crippen LogP contribution in [0.5, 0.6) is 11.5 Å². The SMILES string of the molecule is COc1ccc(C(=O)O)nc1CCCCOc1ccc(-n2cncn2)nc1. The van der Waals surface area contributed by atoms with E-state index in [0.29, 0.717) is 36.0 Å². The lowest BCUT2D eigenvalue weighted by Gasteiger charge is -2.09. The molecule has 0 unspecified atom stereocenters. The van der Waals surface area contributed by atoms with Crippen LogP contribution < -0.4 is 9.47 Å². The molecule has 27 heavy (non-hydrogen) atoms. The van der Waals surface area contributed by atoms with Crippen molar-refractivity contribution in [2.75, 3.05) is 13.7 Å². The molecule has 140 valence electrons. The molecule has 0 atom stereocenters. The van der Waals surface area contributed by atoms with Crippen molar-refractivity contribution in [1.82, 2.24) is 24.7 Å². The van der Waals surface area contributed by atoms with Gasteiger partial charge in [-0.25, -0.2) is 24.4 Å². The number of aromatic carboxylic acids is 1. The minimum atomic E-state index is -1.05. The average Bonchev–Trinajstić information content (AvgIpc) is 3.23. The standard InChI is InChI=1S/C18H19N5O4/c1-26-16-7-6-15(18(24)25)22-14(16)4-2-3-9-27-13-5-8-17(20-10-13)23-12-19-11-21-23/h5-8,10-12H,2-4,9H2,1H3,(H,24,25). The molecular weight excluding hydrogens is 350 g/mol. The van der Waals surface area contributed by atoms with Crippen LogP contribution in [0.15, 0.2) is 43.1 Å². The molecule has 0 amide bonds. The molecule has 3 rings (SSSR count). The van der Waals surface area contributed by atoms with Crippen molar-refractivity contribution in [2.24, 2.45) is 0 Å². The molecular formula is C18H19N5O4. The Morgan fingerprint density at radius 1 is 1.22 bits per heavy atom. The van der Waals surface area contributed by atoms with E-state index >= 15 is 0 Å². The van der Waals surface area contributed by atoms with Crippen LogP contribution in [0.1, 0.15) is 29.0 Å². The van der Waals surface area contributed by atoms with E-state index in [9.17, 15) is 4.79 Å². The highest BCUT2D eigenvalue weighted by molar-refractivity contribution is 5.85. The molecule has 1 N–H and O–H groups in total. The zero-order valence-electron chi connectivity index (χ0n) is 14.8. The van der Waals surface area contributed by atoms with Gasteiger partial charge in [-0.2, -0.15) is 5.10 Å². The second-order valence-corrected chi connectivity index (χ2v) is 5.65. The molecule has 0 aromatic carbocycles. The van der Waals surface area contributed by atoms with Crippen LogP contribution in [0, 0.1) is 0 Å². The van der Waals surface area contributed by atoms with Gasteiger partial charge in [-0.15, -0.1) is 0 Å². The summed E-state index contributed by atoms with van der Waals surface area (Å²) in [6, 6.07) is 6.69. The predicted molar refractivity (Wildman–Crippen MR) is 95.3 cm³/mol. The van der Waals surface area contributed by atoms with Crippen LogP contribution in [0.3, 0.4) is 0 Å². The van der Waals surface area contributed by atoms with Gasteiger partial charge < -0.3 is 14.6 Å². The molecule has 0 saturated carbocycles. The first-order valence-corrected chi connectivity index (χ1v) is 8.38. The number of pyridine rings is 2. The van der Waals surface area contributed by atoms with E-state index in [1.807, 2.05) is 6.07 Å². The van der Waals surface area contributed by atoms with Gasteiger partial charge in [-0.05, 0) is 43.5 Å². The molecule has 0 bridgehead atoms. The Morgan fingerprint density at radius 2 is 2.11 bits per heavy atom. The summed E-state index contributed by atoms with van der Waals surface area (Å²) >= 11 is 0. The Labute approximate surface area is 155 Å². The Bertz CT molecular complexity index is 881. The Hall–Kier alpha value is -3.49. The van der Waals surface area contributed by atoms with Crippen molar-refractivity contribution in [3.8, 4) is 17.3 Å². The van der Waals surface area contributed by atoms with E-state index in [1.165, 1.54) is 12.4 Å². The zero-order chi connectivity index (χ0) is 19.1. The lowest BCUT2D eigenvalue weighted by atomic mass is 10.1. The highest BCUT2D eigenvalue weighted by Gasteiger charge is 2.10. The van der Waals surface area contributed by atoms with Gasteiger partial charge in [0.05, 0.1) is 25.6 Å². The molecule has 0 aliphatic rings. The smallest absolute Gasteiger partial charge is 0.354 e. The van der Waals surface area contributed by atoms with Crippen LogP contribution in [0.2, 0.25) is 0 Å². The summed E-state index contributed by atoms with van der Waals surface area (Å²) in [5.74, 6) is 0.872. The lowest BCUT2D eigenvalue weighted by Crippen LogP contribution is -2.06. The summed E-state index contributed by atoms with van der Waals surface area (Å²) in [5.41, 5.74) is 0.650. The molecule has 0 spiro atoms. The van der Waals surface area contributed by atoms with Crippen LogP contribution in [-0.2, 0) is 6.42 Å². The number of aryl methyl sites for hydroxylation is 1. The highest BCUT2D eigenvalue weighted by atomic mass is 16.5. The van der Waals surface area contributed by atoms with Crippen molar-refractivity contribution < 1.29 is 19.4 Å². The first-order chi connectivity index (χ1) is 13.2. The van der Waals surface area contributed by atoms with Gasteiger partial charge in [0.15, 0.2) is 5.82 Å². The van der Waals surface area contributed by atoms with Gasteiger partial charge in [0, 0.05) is 0 Å². The molecule has 9 heteroatoms. The van der Waals surface area contributed by atoms with Gasteiger partial charge in [0.2, 0.25) is 0 Å². The number of carbonyl (C=O) groups is 1. The van der Waals surface area contributed by atoms with Crippen molar-refractivity contribution in [2.45, 2.75) is 19.3 Å². The molecule has 3 heterocycles. The molecule has 3 aromatic heterocycles. The molecule has 9 nitrogen and oxygen atoms in total. The maximum Gasteiger partial charge on any atom is 0.354 e. The third-order valence-corrected chi connectivity index (χ3v) is 3.82. The predicted octanol–water partition coefficient (Wildman–Crippen LogP) is 2.17. The fourth-order valence-electron chi connectivity index (χ4n) is 2.48. The zero-order valence-corrected chi connectivity index (χ0v) is 14.8. The number of rotatable bonds is 9. The fraction of sp³-hybridized carbons (Fsp3) is 0.278. The van der Waals surface area contributed by atoms with Crippen molar-refractivity contribution in [3.63, 3.8) is 0 Å². The van der Waals surface area contributed by atoms with Gasteiger partial charge >= 0.3 is 5.97 Å². The number of methoxy groups -OCH3 is 1. The summed E-state index contributed by atoms with van der Waals surface area (Å²) in [6.45, 7) is 0.519. The normalized spacial score (nSPS) is 10.6. The van der Waals surface area contributed by atoms with Crippen molar-refractivity contribution in [1.29, 1.82) is 0 Å². The third kappa shape index (κ3) is 4.78. The number of hydrogen-bond acceptors (Lipinski definition) is 7. The number of unbranched alkanes of at least 4 members (excludes halogenated alkanes) is 1. The number of carboxylic acids is 1. The second-order valence-electron chi connectivity index (χ2n) is 5.65. The van der Waals surface area contributed by atoms with Crippen LogP contribution in [-0.4, -0.2) is 49.5 Å². The van der Waals surface area contributed by atoms with Crippen molar-refractivity contribution in [3.05, 3.63) is 54.5 Å². The number of hydrogen-bond donors (Lipinski definition) is 1. The average molecular weight is 369 g/mol. The topological polar surface area (TPSA) is 112 Å². The van der Waals surface area contributed by atoms with E-state index in [2.05, 4.69) is 20.1 Å². The molecule has 0 aliphatic heterocycles. The van der Waals surface area contributed by atoms with Gasteiger partial charge in [-0.3, -0.25) is 0 Å². The van der Waals surface area contributed by atoms with Crippen LogP contribution in [0.25, 0.3) is 5.82 Å². The van der Waals surface area contributed by atoms with E-state index in [1.54, 1.807) is 36.4 Å². The maximum atomic E-state index is 11.0. The highest BCUT2D eigenvalue weighted by Crippen LogP contribution is 2.19. The second kappa shape index (κ2) is 8.75. The molecule has 0 fully saturated rings. The first-order valence-electron chi connectivity index (χ1n) is 8.38. The summed E-state index contributed by atoms with van der Waals surface area (Å²) in [7, 11) is 1.54. The molecule has 0 radical (unpaired) electrons. The lowest BCUT2D eigenvalue weighted by molar-refractivity contribution is 0.0690. The van der Waals surface area contributed by atoms with Crippen LogP contribution in [0.4, 0.5) is 0 Å². The fourth-order valence-corrected chi connectivity index (χ4v) is 2.48. The van der Waals surface area contributed by atoms with Gasteiger partial charge in [0.25, 0.3) is 0 Å². The van der Waals surface area contributed by atoms with E-state index < -0.39 is 5.97 Å². The van der Waals surface area contributed by atoms with E-state index in [4.69, 9.17) is 14.6 Å². The minimum absolute atomic E-state index is 0.0144. The number of nitrogens with zero attached hydrogens (tertiary/aromatic N) is 5. The maximum absolute atomic E-state index is 11.0. The first kappa shape index (κ1) is 18.3. The van der Waals surface area contributed by atoms with E-state index in [0.717, 1.165) is 12.8 Å². The third-order valence-electron chi connectivity index (χ3n) is 3.82. The summed E-state index contributed by atoms with van der Waals surface area (Å²) in [5, 5.41) is 13.1. The van der Waals surface area contributed by atoms with Gasteiger partial charge in [-0.1, -0.05) is 0 Å². The monoisotopic (exact) mass is 369 g/mol. The number of carboxylic acid groups (broad SMARTS) is 1. The quantitative estimate of drug-likeness (QED) is 0.571. The number of ether oxygens (including phenoxy) is 2. The van der Waals surface area contributed by atoms with Gasteiger partial charge in [0.1, 0.15) is 29.8 Å². The van der Waals surface area contributed by atoms with E-state index in [-0.39, 0.29) is 5.69 Å². The number of aromatic nitrogens is 5. The summed E-state index contributed by atoms with van der Waals surface area (Å²) in [4.78, 5) is 23.3. The molecule has 0 saturated heterocycles. The van der Waals surface area contributed by atoms with Crippen molar-refractivity contribution >= 4 is 5.97 Å². The Morgan fingerprint density at radius 3 is 2.78 bits per heavy atom.